The lowest BCUT2D eigenvalue weighted by Gasteiger charge is -2.37. The summed E-state index contributed by atoms with van der Waals surface area (Å²) in [7, 11) is 1.95. The molecule has 1 nitrogen and oxygen atoms in total. The molecule has 0 aliphatic heterocycles. The Morgan fingerprint density at radius 1 is 0.556 bits per heavy atom. The van der Waals surface area contributed by atoms with Crippen LogP contribution in [0.1, 0.15) is 83.5 Å². The van der Waals surface area contributed by atoms with Gasteiger partial charge in [-0.25, -0.2) is 0 Å². The molecule has 2 rings (SSSR count). The Morgan fingerprint density at radius 2 is 0.944 bits per heavy atom. The second-order valence-corrected chi connectivity index (χ2v) is 6.56. The zero-order valence-corrected chi connectivity index (χ0v) is 12.3. The monoisotopic (exact) mass is 252 g/mol. The third-order valence-electron chi connectivity index (χ3n) is 5.25. The van der Waals surface area contributed by atoms with Gasteiger partial charge >= 0.3 is 0 Å². The van der Waals surface area contributed by atoms with Crippen molar-refractivity contribution in [2.45, 2.75) is 89.6 Å². The molecule has 0 amide bonds. The minimum Gasteiger partial charge on any atom is -0.381 e. The second kappa shape index (κ2) is 8.19. The summed E-state index contributed by atoms with van der Waals surface area (Å²) in [5.41, 5.74) is 0. The molecule has 2 saturated carbocycles. The van der Waals surface area contributed by atoms with Crippen molar-refractivity contribution < 1.29 is 4.74 Å². The van der Waals surface area contributed by atoms with Crippen LogP contribution in [0.5, 0.6) is 0 Å². The topological polar surface area (TPSA) is 9.23 Å². The van der Waals surface area contributed by atoms with Crippen LogP contribution in [0.4, 0.5) is 0 Å². The maximum Gasteiger partial charge on any atom is 0.0627 e. The van der Waals surface area contributed by atoms with Crippen LogP contribution in [0.15, 0.2) is 0 Å². The van der Waals surface area contributed by atoms with Gasteiger partial charge < -0.3 is 4.74 Å². The van der Waals surface area contributed by atoms with E-state index in [0.29, 0.717) is 6.10 Å². The quantitative estimate of drug-likeness (QED) is 0.612. The van der Waals surface area contributed by atoms with E-state index in [-0.39, 0.29) is 0 Å². The maximum absolute atomic E-state index is 5.89. The molecular weight excluding hydrogens is 220 g/mol. The molecule has 2 fully saturated rings. The van der Waals surface area contributed by atoms with E-state index in [0.717, 1.165) is 11.8 Å². The van der Waals surface area contributed by atoms with Gasteiger partial charge in [0.05, 0.1) is 6.10 Å². The third kappa shape index (κ3) is 4.26. The van der Waals surface area contributed by atoms with Gasteiger partial charge in [-0.15, -0.1) is 0 Å². The van der Waals surface area contributed by atoms with E-state index in [9.17, 15) is 0 Å². The van der Waals surface area contributed by atoms with Crippen LogP contribution in [0.2, 0.25) is 0 Å². The number of methoxy groups -OCH3 is 1. The van der Waals surface area contributed by atoms with Crippen molar-refractivity contribution >= 4 is 0 Å². The van der Waals surface area contributed by atoms with Crippen molar-refractivity contribution in [3.8, 4) is 0 Å². The average Bonchev–Trinajstić information content (AvgIpc) is 2.41. The zero-order chi connectivity index (χ0) is 12.6. The number of fused-ring (bicyclic) bond motifs is 2. The van der Waals surface area contributed by atoms with Crippen LogP contribution < -0.4 is 0 Å². The van der Waals surface area contributed by atoms with Gasteiger partial charge in [-0.2, -0.15) is 0 Å². The molecule has 2 bridgehead atoms. The summed E-state index contributed by atoms with van der Waals surface area (Å²) >= 11 is 0. The Hall–Kier alpha value is -0.0400. The van der Waals surface area contributed by atoms with Gasteiger partial charge in [-0.1, -0.05) is 57.8 Å². The van der Waals surface area contributed by atoms with Gasteiger partial charge in [-0.05, 0) is 37.5 Å². The molecule has 0 radical (unpaired) electrons. The van der Waals surface area contributed by atoms with Gasteiger partial charge in [-0.3, -0.25) is 0 Å². The van der Waals surface area contributed by atoms with Crippen LogP contribution in [-0.4, -0.2) is 13.2 Å². The summed E-state index contributed by atoms with van der Waals surface area (Å²) in [6, 6.07) is 0. The predicted molar refractivity (Wildman–Crippen MR) is 77.8 cm³/mol. The Balaban J connectivity index is 1.90. The highest BCUT2D eigenvalue weighted by Gasteiger charge is 2.32. The lowest BCUT2D eigenvalue weighted by Crippen LogP contribution is -2.35. The molecule has 2 aliphatic rings. The Bertz CT molecular complexity index is 194. The van der Waals surface area contributed by atoms with E-state index < -0.39 is 0 Å². The van der Waals surface area contributed by atoms with Crippen molar-refractivity contribution in [1.29, 1.82) is 0 Å². The average molecular weight is 252 g/mol. The fourth-order valence-electron chi connectivity index (χ4n) is 4.23. The number of ether oxygens (including phenoxy) is 1. The van der Waals surface area contributed by atoms with Crippen molar-refractivity contribution in [1.82, 2.24) is 0 Å². The lowest BCUT2D eigenvalue weighted by atomic mass is 9.74. The van der Waals surface area contributed by atoms with Crippen LogP contribution in [0, 0.1) is 11.8 Å². The van der Waals surface area contributed by atoms with E-state index in [1.165, 1.54) is 83.5 Å². The Morgan fingerprint density at radius 3 is 1.39 bits per heavy atom. The predicted octanol–water partition coefficient (Wildman–Crippen LogP) is 5.33. The van der Waals surface area contributed by atoms with Gasteiger partial charge in [0.2, 0.25) is 0 Å². The first-order valence-electron chi connectivity index (χ1n) is 8.44. The van der Waals surface area contributed by atoms with E-state index in [2.05, 4.69) is 0 Å². The van der Waals surface area contributed by atoms with Crippen molar-refractivity contribution in [3.05, 3.63) is 0 Å². The van der Waals surface area contributed by atoms with Crippen LogP contribution in [0.25, 0.3) is 0 Å². The first-order chi connectivity index (χ1) is 8.92. The van der Waals surface area contributed by atoms with Crippen molar-refractivity contribution in [2.75, 3.05) is 7.11 Å². The molecule has 0 aromatic heterocycles. The maximum atomic E-state index is 5.89. The van der Waals surface area contributed by atoms with E-state index in [1.807, 2.05) is 7.11 Å². The fraction of sp³-hybridized carbons (Fsp3) is 1.00. The molecule has 0 spiro atoms. The standard InChI is InChI=1S/C17H32O/c1-18-17-15-11-8-6-4-2-3-5-7-9-12-16(17)14-10-13-15/h15-17H,2-14H2,1H3. The van der Waals surface area contributed by atoms with Crippen LogP contribution in [0.3, 0.4) is 0 Å². The molecular formula is C17H32O. The van der Waals surface area contributed by atoms with E-state index >= 15 is 0 Å². The molecule has 0 aromatic carbocycles. The first-order valence-corrected chi connectivity index (χ1v) is 8.44. The highest BCUT2D eigenvalue weighted by atomic mass is 16.5. The minimum atomic E-state index is 0.583. The number of hydrogen-bond donors (Lipinski definition) is 0. The summed E-state index contributed by atoms with van der Waals surface area (Å²) in [5, 5.41) is 0. The van der Waals surface area contributed by atoms with Crippen molar-refractivity contribution in [3.63, 3.8) is 0 Å². The molecule has 2 unspecified atom stereocenters. The molecule has 0 aromatic rings. The number of rotatable bonds is 1. The molecule has 18 heavy (non-hydrogen) atoms. The Labute approximate surface area is 114 Å². The molecule has 0 saturated heterocycles. The second-order valence-electron chi connectivity index (χ2n) is 6.56. The molecule has 2 aliphatic carbocycles. The molecule has 2 atom stereocenters. The summed E-state index contributed by atoms with van der Waals surface area (Å²) in [4.78, 5) is 0. The molecule has 1 heteroatoms. The summed E-state index contributed by atoms with van der Waals surface area (Å²) in [6.45, 7) is 0. The highest BCUT2D eigenvalue weighted by molar-refractivity contribution is 4.83. The van der Waals surface area contributed by atoms with Crippen molar-refractivity contribution in [2.24, 2.45) is 11.8 Å². The third-order valence-corrected chi connectivity index (χ3v) is 5.25. The summed E-state index contributed by atoms with van der Waals surface area (Å²) in [6.07, 6.45) is 19.4. The van der Waals surface area contributed by atoms with Gasteiger partial charge in [0.15, 0.2) is 0 Å². The van der Waals surface area contributed by atoms with Crippen LogP contribution in [-0.2, 0) is 4.74 Å². The van der Waals surface area contributed by atoms with Gasteiger partial charge in [0.1, 0.15) is 0 Å². The SMILES string of the molecule is COC1C2CCCCCCCCCCC1CCC2. The van der Waals surface area contributed by atoms with Gasteiger partial charge in [0, 0.05) is 7.11 Å². The minimum absolute atomic E-state index is 0.583. The lowest BCUT2D eigenvalue weighted by molar-refractivity contribution is -0.0269. The molecule has 0 heterocycles. The smallest absolute Gasteiger partial charge is 0.0627 e. The zero-order valence-electron chi connectivity index (χ0n) is 12.3. The normalized spacial score (nSPS) is 36.2. The largest absolute Gasteiger partial charge is 0.381 e. The first kappa shape index (κ1) is 14.4. The van der Waals surface area contributed by atoms with E-state index in [1.54, 1.807) is 0 Å². The van der Waals surface area contributed by atoms with Gasteiger partial charge in [0.25, 0.3) is 0 Å². The van der Waals surface area contributed by atoms with E-state index in [4.69, 9.17) is 4.74 Å². The fourth-order valence-corrected chi connectivity index (χ4v) is 4.23. The Kier molecular flexibility index (Phi) is 6.54. The molecule has 0 N–H and O–H groups in total. The summed E-state index contributed by atoms with van der Waals surface area (Å²) < 4.78 is 5.89. The summed E-state index contributed by atoms with van der Waals surface area (Å²) in [5.74, 6) is 1.74. The highest BCUT2D eigenvalue weighted by Crippen LogP contribution is 2.37. The molecule has 106 valence electrons. The number of hydrogen-bond acceptors (Lipinski definition) is 1. The van der Waals surface area contributed by atoms with Crippen LogP contribution >= 0.6 is 0 Å².